The fraction of sp³-hybridized carbons (Fsp3) is 0.273. The molecule has 1 aliphatic heterocycles. The Bertz CT molecular complexity index is 1100. The monoisotopic (exact) mass is 409 g/mol. The van der Waals surface area contributed by atoms with Crippen LogP contribution in [0.15, 0.2) is 42.6 Å². The number of benzene rings is 2. The van der Waals surface area contributed by atoms with Crippen LogP contribution in [0, 0.1) is 0 Å². The molecule has 8 heteroatoms. The van der Waals surface area contributed by atoms with Crippen LogP contribution in [0.3, 0.4) is 0 Å². The Morgan fingerprint density at radius 3 is 2.57 bits per heavy atom. The molecule has 1 aliphatic rings. The van der Waals surface area contributed by atoms with Crippen molar-refractivity contribution in [3.63, 3.8) is 0 Å². The molecular formula is C22H23N3O5. The molecule has 0 saturated heterocycles. The average molecular weight is 409 g/mol. The summed E-state index contributed by atoms with van der Waals surface area (Å²) in [7, 11) is 6.63. The largest absolute Gasteiger partial charge is 0.493 e. The number of hydrogen-bond acceptors (Lipinski definition) is 6. The first-order chi connectivity index (χ1) is 14.5. The molecule has 2 heterocycles. The van der Waals surface area contributed by atoms with Crippen molar-refractivity contribution < 1.29 is 23.7 Å². The molecule has 2 amide bonds. The second-order valence-electron chi connectivity index (χ2n) is 6.94. The van der Waals surface area contributed by atoms with Crippen LogP contribution in [-0.4, -0.2) is 57.4 Å². The number of amides is 2. The van der Waals surface area contributed by atoms with Crippen LogP contribution in [0.25, 0.3) is 10.9 Å². The lowest BCUT2D eigenvalue weighted by atomic mass is 10.1. The van der Waals surface area contributed by atoms with Gasteiger partial charge in [-0.3, -0.25) is 9.88 Å². The van der Waals surface area contributed by atoms with Crippen LogP contribution in [-0.2, 0) is 0 Å². The van der Waals surface area contributed by atoms with E-state index < -0.39 is 0 Å². The SMILES string of the molecule is COc1cc2nccc(Oc3ccc4c(c3)OCCN4C(=O)N(C)C)c2cc1OC. The predicted molar refractivity (Wildman–Crippen MR) is 113 cm³/mol. The summed E-state index contributed by atoms with van der Waals surface area (Å²) >= 11 is 0. The number of fused-ring (bicyclic) bond motifs is 2. The zero-order chi connectivity index (χ0) is 21.3. The predicted octanol–water partition coefficient (Wildman–Crippen LogP) is 3.92. The number of carbonyl (C=O) groups is 1. The smallest absolute Gasteiger partial charge is 0.324 e. The highest BCUT2D eigenvalue weighted by Crippen LogP contribution is 2.40. The summed E-state index contributed by atoms with van der Waals surface area (Å²) in [5.74, 6) is 3.01. The molecule has 8 nitrogen and oxygen atoms in total. The van der Waals surface area contributed by atoms with E-state index in [1.165, 1.54) is 0 Å². The normalized spacial score (nSPS) is 12.7. The van der Waals surface area contributed by atoms with Crippen molar-refractivity contribution in [2.24, 2.45) is 0 Å². The third-order valence-corrected chi connectivity index (χ3v) is 4.84. The number of carbonyl (C=O) groups excluding carboxylic acids is 1. The summed E-state index contributed by atoms with van der Waals surface area (Å²) in [6.07, 6.45) is 1.68. The highest BCUT2D eigenvalue weighted by Gasteiger charge is 2.25. The van der Waals surface area contributed by atoms with E-state index in [-0.39, 0.29) is 6.03 Å². The standard InChI is InChI=1S/C22H23N3O5/c1-24(2)22(26)25-9-10-29-19-11-14(5-6-17(19)25)30-18-7-8-23-16-13-21(28-4)20(27-3)12-15(16)18/h5-8,11-13H,9-10H2,1-4H3. The van der Waals surface area contributed by atoms with Gasteiger partial charge >= 0.3 is 6.03 Å². The van der Waals surface area contributed by atoms with Crippen molar-refractivity contribution >= 4 is 22.6 Å². The van der Waals surface area contributed by atoms with Gasteiger partial charge in [0.05, 0.1) is 32.0 Å². The van der Waals surface area contributed by atoms with Crippen molar-refractivity contribution in [3.8, 4) is 28.7 Å². The minimum Gasteiger partial charge on any atom is -0.493 e. The molecule has 0 unspecified atom stereocenters. The van der Waals surface area contributed by atoms with Gasteiger partial charge < -0.3 is 23.8 Å². The number of aromatic nitrogens is 1. The molecule has 0 atom stereocenters. The molecule has 0 radical (unpaired) electrons. The maximum atomic E-state index is 12.4. The second kappa shape index (κ2) is 7.98. The van der Waals surface area contributed by atoms with Gasteiger partial charge in [-0.15, -0.1) is 0 Å². The van der Waals surface area contributed by atoms with E-state index in [9.17, 15) is 4.79 Å². The zero-order valence-corrected chi connectivity index (χ0v) is 17.3. The molecule has 1 aromatic heterocycles. The molecule has 156 valence electrons. The number of ether oxygens (including phenoxy) is 4. The number of rotatable bonds is 4. The summed E-state index contributed by atoms with van der Waals surface area (Å²) in [5.41, 5.74) is 1.44. The molecular weight excluding hydrogens is 386 g/mol. The van der Waals surface area contributed by atoms with Gasteiger partial charge in [0.15, 0.2) is 11.5 Å². The molecule has 3 aromatic rings. The summed E-state index contributed by atoms with van der Waals surface area (Å²) in [5, 5.41) is 0.790. The number of hydrogen-bond donors (Lipinski definition) is 0. The summed E-state index contributed by atoms with van der Waals surface area (Å²) in [4.78, 5) is 20.1. The lowest BCUT2D eigenvalue weighted by Gasteiger charge is -2.31. The number of urea groups is 1. The van der Waals surface area contributed by atoms with Gasteiger partial charge in [0.2, 0.25) is 0 Å². The van der Waals surface area contributed by atoms with Gasteiger partial charge in [-0.05, 0) is 24.3 Å². The highest BCUT2D eigenvalue weighted by atomic mass is 16.5. The zero-order valence-electron chi connectivity index (χ0n) is 17.3. The molecule has 0 saturated carbocycles. The van der Waals surface area contributed by atoms with E-state index in [2.05, 4.69) is 4.98 Å². The number of nitrogens with zero attached hydrogens (tertiary/aromatic N) is 3. The van der Waals surface area contributed by atoms with Crippen LogP contribution in [0.5, 0.6) is 28.7 Å². The third kappa shape index (κ3) is 3.52. The van der Waals surface area contributed by atoms with Crippen molar-refractivity contribution in [1.29, 1.82) is 0 Å². The van der Waals surface area contributed by atoms with E-state index in [0.29, 0.717) is 41.9 Å². The Kier molecular flexibility index (Phi) is 5.22. The van der Waals surface area contributed by atoms with Gasteiger partial charge in [-0.25, -0.2) is 4.79 Å². The van der Waals surface area contributed by atoms with Crippen molar-refractivity contribution in [2.75, 3.05) is 46.4 Å². The Labute approximate surface area is 174 Å². The third-order valence-electron chi connectivity index (χ3n) is 4.84. The fourth-order valence-corrected chi connectivity index (χ4v) is 3.37. The van der Waals surface area contributed by atoms with E-state index in [1.54, 1.807) is 56.4 Å². The van der Waals surface area contributed by atoms with E-state index in [0.717, 1.165) is 16.6 Å². The molecule has 0 bridgehead atoms. The van der Waals surface area contributed by atoms with Crippen LogP contribution < -0.4 is 23.8 Å². The van der Waals surface area contributed by atoms with Gasteiger partial charge in [0.25, 0.3) is 0 Å². The Morgan fingerprint density at radius 2 is 1.83 bits per heavy atom. The average Bonchev–Trinajstić information content (AvgIpc) is 2.77. The lowest BCUT2D eigenvalue weighted by Crippen LogP contribution is -2.43. The van der Waals surface area contributed by atoms with E-state index in [1.807, 2.05) is 24.3 Å². The molecule has 4 rings (SSSR count). The van der Waals surface area contributed by atoms with Crippen LogP contribution >= 0.6 is 0 Å². The minimum absolute atomic E-state index is 0.0885. The summed E-state index contributed by atoms with van der Waals surface area (Å²) in [6, 6.07) is 10.8. The number of methoxy groups -OCH3 is 2. The Balaban J connectivity index is 1.68. The molecule has 0 spiro atoms. The highest BCUT2D eigenvalue weighted by molar-refractivity contribution is 5.94. The molecule has 0 fully saturated rings. The molecule has 30 heavy (non-hydrogen) atoms. The quantitative estimate of drug-likeness (QED) is 0.650. The fourth-order valence-electron chi connectivity index (χ4n) is 3.37. The topological polar surface area (TPSA) is 73.4 Å². The van der Waals surface area contributed by atoms with Gasteiger partial charge in [-0.1, -0.05) is 0 Å². The Morgan fingerprint density at radius 1 is 1.07 bits per heavy atom. The van der Waals surface area contributed by atoms with Crippen LogP contribution in [0.1, 0.15) is 0 Å². The first-order valence-electron chi connectivity index (χ1n) is 9.46. The maximum Gasteiger partial charge on any atom is 0.324 e. The number of anilines is 1. The lowest BCUT2D eigenvalue weighted by molar-refractivity contribution is 0.218. The molecule has 2 aromatic carbocycles. The first-order valence-corrected chi connectivity index (χ1v) is 9.46. The summed E-state index contributed by atoms with van der Waals surface area (Å²) in [6.45, 7) is 0.923. The summed E-state index contributed by atoms with van der Waals surface area (Å²) < 4.78 is 22.7. The van der Waals surface area contributed by atoms with E-state index in [4.69, 9.17) is 18.9 Å². The van der Waals surface area contributed by atoms with Gasteiger partial charge in [-0.2, -0.15) is 0 Å². The second-order valence-corrected chi connectivity index (χ2v) is 6.94. The van der Waals surface area contributed by atoms with Crippen molar-refractivity contribution in [3.05, 3.63) is 42.6 Å². The van der Waals surface area contributed by atoms with Crippen molar-refractivity contribution in [1.82, 2.24) is 9.88 Å². The van der Waals surface area contributed by atoms with Crippen LogP contribution in [0.2, 0.25) is 0 Å². The minimum atomic E-state index is -0.0885. The maximum absolute atomic E-state index is 12.4. The van der Waals surface area contributed by atoms with Gasteiger partial charge in [0, 0.05) is 37.8 Å². The molecule has 0 N–H and O–H groups in total. The Hall–Kier alpha value is -3.68. The molecule has 0 aliphatic carbocycles. The van der Waals surface area contributed by atoms with Crippen molar-refractivity contribution in [2.45, 2.75) is 0 Å². The van der Waals surface area contributed by atoms with Gasteiger partial charge in [0.1, 0.15) is 23.9 Å². The van der Waals surface area contributed by atoms with Crippen LogP contribution in [0.4, 0.5) is 10.5 Å². The number of pyridine rings is 1. The van der Waals surface area contributed by atoms with E-state index >= 15 is 0 Å². The first kappa shape index (κ1) is 19.6.